The van der Waals surface area contributed by atoms with Gasteiger partial charge in [-0.1, -0.05) is 12.8 Å². The van der Waals surface area contributed by atoms with E-state index < -0.39 is 17.8 Å². The molecule has 1 aliphatic carbocycles. The van der Waals surface area contributed by atoms with Crippen LogP contribution in [0.3, 0.4) is 0 Å². The maximum Gasteiger partial charge on any atom is 0.416 e. The Morgan fingerprint density at radius 3 is 2.57 bits per heavy atom. The summed E-state index contributed by atoms with van der Waals surface area (Å²) >= 11 is 0. The van der Waals surface area contributed by atoms with Crippen molar-refractivity contribution in [2.75, 3.05) is 13.2 Å². The van der Waals surface area contributed by atoms with Gasteiger partial charge in [-0.25, -0.2) is 0 Å². The zero-order valence-corrected chi connectivity index (χ0v) is 16.2. The standard InChI is InChI=1S/C19H25F3N2O3.ClH/c20-19(21,22)13-5-7-15(8-6-13)27-11-14(25)10-23-18(26)17-9-12-3-1-2-4-16(12)24-17;/h5-8,12,14,16-17,24-25H,1-4,9-11H2,(H,23,26);1H. The van der Waals surface area contributed by atoms with Crippen LogP contribution in [-0.4, -0.2) is 42.4 Å². The molecule has 2 fully saturated rings. The zero-order valence-electron chi connectivity index (χ0n) is 15.4. The SMILES string of the molecule is Cl.O=C(NCC(O)COc1ccc(C(F)(F)F)cc1)C1CC2CCCCC2N1. The first-order valence-electron chi connectivity index (χ1n) is 9.35. The van der Waals surface area contributed by atoms with Crippen LogP contribution in [0.1, 0.15) is 37.7 Å². The summed E-state index contributed by atoms with van der Waals surface area (Å²) in [7, 11) is 0. The Bertz CT molecular complexity index is 628. The lowest BCUT2D eigenvalue weighted by Gasteiger charge is -2.24. The fourth-order valence-corrected chi connectivity index (χ4v) is 3.85. The number of benzene rings is 1. The van der Waals surface area contributed by atoms with Gasteiger partial charge in [0.15, 0.2) is 0 Å². The number of ether oxygens (including phenoxy) is 1. The Balaban J connectivity index is 0.00000280. The summed E-state index contributed by atoms with van der Waals surface area (Å²) in [5.41, 5.74) is -0.757. The molecule has 1 aromatic carbocycles. The lowest BCUT2D eigenvalue weighted by Crippen LogP contribution is -2.45. The number of aliphatic hydroxyl groups is 1. The minimum absolute atomic E-state index is 0. The van der Waals surface area contributed by atoms with Crippen molar-refractivity contribution in [1.29, 1.82) is 0 Å². The van der Waals surface area contributed by atoms with Gasteiger partial charge >= 0.3 is 6.18 Å². The van der Waals surface area contributed by atoms with Gasteiger partial charge in [-0.15, -0.1) is 12.4 Å². The van der Waals surface area contributed by atoms with Crippen molar-refractivity contribution in [3.8, 4) is 5.75 Å². The van der Waals surface area contributed by atoms with Gasteiger partial charge in [0.05, 0.1) is 11.6 Å². The number of halogens is 4. The molecule has 0 bridgehead atoms. The van der Waals surface area contributed by atoms with Gasteiger partial charge in [0, 0.05) is 12.6 Å². The summed E-state index contributed by atoms with van der Waals surface area (Å²) < 4.78 is 42.8. The average molecular weight is 423 g/mol. The van der Waals surface area contributed by atoms with Crippen molar-refractivity contribution >= 4 is 18.3 Å². The summed E-state index contributed by atoms with van der Waals surface area (Å²) in [5, 5.41) is 16.0. The second kappa shape index (κ2) is 9.80. The Hall–Kier alpha value is -1.51. The lowest BCUT2D eigenvalue weighted by atomic mass is 9.85. The van der Waals surface area contributed by atoms with Gasteiger partial charge in [0.25, 0.3) is 0 Å². The molecule has 0 radical (unpaired) electrons. The average Bonchev–Trinajstić information content (AvgIpc) is 3.08. The number of hydrogen-bond acceptors (Lipinski definition) is 4. The van der Waals surface area contributed by atoms with Crippen LogP contribution in [0.2, 0.25) is 0 Å². The van der Waals surface area contributed by atoms with Crippen LogP contribution in [0, 0.1) is 5.92 Å². The fraction of sp³-hybridized carbons (Fsp3) is 0.632. The molecule has 4 unspecified atom stereocenters. The highest BCUT2D eigenvalue weighted by Gasteiger charge is 2.38. The molecule has 4 atom stereocenters. The molecule has 3 rings (SSSR count). The van der Waals surface area contributed by atoms with Gasteiger partial charge in [-0.05, 0) is 49.4 Å². The minimum Gasteiger partial charge on any atom is -0.491 e. The van der Waals surface area contributed by atoms with E-state index >= 15 is 0 Å². The topological polar surface area (TPSA) is 70.6 Å². The number of hydrogen-bond donors (Lipinski definition) is 3. The van der Waals surface area contributed by atoms with Gasteiger partial charge in [-0.2, -0.15) is 13.2 Å². The lowest BCUT2D eigenvalue weighted by molar-refractivity contribution is -0.137. The predicted molar refractivity (Wildman–Crippen MR) is 100 cm³/mol. The highest BCUT2D eigenvalue weighted by Crippen LogP contribution is 2.33. The first-order valence-corrected chi connectivity index (χ1v) is 9.35. The summed E-state index contributed by atoms with van der Waals surface area (Å²) in [4.78, 5) is 12.3. The first-order chi connectivity index (χ1) is 12.8. The number of carbonyl (C=O) groups is 1. The molecule has 1 aliphatic heterocycles. The number of nitrogens with one attached hydrogen (secondary N) is 2. The second-order valence-electron chi connectivity index (χ2n) is 7.34. The Morgan fingerprint density at radius 1 is 1.25 bits per heavy atom. The molecule has 1 aromatic rings. The largest absolute Gasteiger partial charge is 0.491 e. The number of carbonyl (C=O) groups excluding carboxylic acids is 1. The van der Waals surface area contributed by atoms with Crippen LogP contribution < -0.4 is 15.4 Å². The summed E-state index contributed by atoms with van der Waals surface area (Å²) in [6, 6.07) is 4.46. The van der Waals surface area contributed by atoms with E-state index in [1.54, 1.807) is 0 Å². The van der Waals surface area contributed by atoms with E-state index in [1.165, 1.54) is 25.0 Å². The highest BCUT2D eigenvalue weighted by molar-refractivity contribution is 5.85. The molecule has 2 aliphatic rings. The van der Waals surface area contributed by atoms with Crippen LogP contribution >= 0.6 is 12.4 Å². The number of fused-ring (bicyclic) bond motifs is 1. The molecular formula is C19H26ClF3N2O3. The maximum absolute atomic E-state index is 12.5. The smallest absolute Gasteiger partial charge is 0.416 e. The van der Waals surface area contributed by atoms with E-state index in [4.69, 9.17) is 4.74 Å². The highest BCUT2D eigenvalue weighted by atomic mass is 35.5. The van der Waals surface area contributed by atoms with E-state index in [-0.39, 0.29) is 43.3 Å². The molecule has 3 N–H and O–H groups in total. The van der Waals surface area contributed by atoms with E-state index in [1.807, 2.05) is 0 Å². The molecule has 0 aromatic heterocycles. The van der Waals surface area contributed by atoms with Crippen LogP contribution in [-0.2, 0) is 11.0 Å². The van der Waals surface area contributed by atoms with Crippen molar-refractivity contribution in [2.45, 2.75) is 56.5 Å². The van der Waals surface area contributed by atoms with Crippen LogP contribution in [0.15, 0.2) is 24.3 Å². The quantitative estimate of drug-likeness (QED) is 0.659. The summed E-state index contributed by atoms with van der Waals surface area (Å²) in [6.45, 7) is -0.0814. The van der Waals surface area contributed by atoms with Crippen LogP contribution in [0.25, 0.3) is 0 Å². The zero-order chi connectivity index (χ0) is 19.4. The third-order valence-electron chi connectivity index (χ3n) is 5.32. The Kier molecular flexibility index (Phi) is 7.97. The predicted octanol–water partition coefficient (Wildman–Crippen LogP) is 2.90. The maximum atomic E-state index is 12.5. The van der Waals surface area contributed by atoms with Gasteiger partial charge in [0.2, 0.25) is 5.91 Å². The number of aliphatic hydroxyl groups excluding tert-OH is 1. The second-order valence-corrected chi connectivity index (χ2v) is 7.34. The van der Waals surface area contributed by atoms with Crippen molar-refractivity contribution in [2.24, 2.45) is 5.92 Å². The minimum atomic E-state index is -4.39. The molecule has 28 heavy (non-hydrogen) atoms. The Labute approximate surface area is 168 Å². The molecule has 1 amide bonds. The van der Waals surface area contributed by atoms with Gasteiger partial charge in [-0.3, -0.25) is 4.79 Å². The summed E-state index contributed by atoms with van der Waals surface area (Å²) in [6.07, 6.45) is 0.172. The molecule has 1 saturated heterocycles. The summed E-state index contributed by atoms with van der Waals surface area (Å²) in [5.74, 6) is 0.662. The monoisotopic (exact) mass is 422 g/mol. The van der Waals surface area contributed by atoms with E-state index in [0.29, 0.717) is 12.0 Å². The van der Waals surface area contributed by atoms with Gasteiger partial charge in [0.1, 0.15) is 18.5 Å². The molecule has 9 heteroatoms. The molecule has 1 heterocycles. The molecule has 5 nitrogen and oxygen atoms in total. The van der Waals surface area contributed by atoms with E-state index in [9.17, 15) is 23.1 Å². The molecule has 158 valence electrons. The van der Waals surface area contributed by atoms with Crippen molar-refractivity contribution < 1.29 is 27.8 Å². The normalized spacial score (nSPS) is 25.4. The number of alkyl halides is 3. The van der Waals surface area contributed by atoms with E-state index in [2.05, 4.69) is 10.6 Å². The van der Waals surface area contributed by atoms with Gasteiger partial charge < -0.3 is 20.5 Å². The Morgan fingerprint density at radius 2 is 1.93 bits per heavy atom. The van der Waals surface area contributed by atoms with Crippen molar-refractivity contribution in [1.82, 2.24) is 10.6 Å². The third kappa shape index (κ3) is 5.99. The van der Waals surface area contributed by atoms with Crippen molar-refractivity contribution in [3.63, 3.8) is 0 Å². The first kappa shape index (κ1) is 22.8. The third-order valence-corrected chi connectivity index (χ3v) is 5.32. The number of amides is 1. The molecule has 1 saturated carbocycles. The molecule has 0 spiro atoms. The number of rotatable bonds is 6. The van der Waals surface area contributed by atoms with Crippen LogP contribution in [0.4, 0.5) is 13.2 Å². The fourth-order valence-electron chi connectivity index (χ4n) is 3.85. The molecular weight excluding hydrogens is 397 g/mol. The van der Waals surface area contributed by atoms with E-state index in [0.717, 1.165) is 31.4 Å². The van der Waals surface area contributed by atoms with Crippen molar-refractivity contribution in [3.05, 3.63) is 29.8 Å². The van der Waals surface area contributed by atoms with Crippen LogP contribution in [0.5, 0.6) is 5.75 Å².